The summed E-state index contributed by atoms with van der Waals surface area (Å²) in [6.45, 7) is 0.503. The van der Waals surface area contributed by atoms with Crippen LogP contribution in [0, 0.1) is 0 Å². The first-order valence-electron chi connectivity index (χ1n) is 10.8. The van der Waals surface area contributed by atoms with Gasteiger partial charge in [0.1, 0.15) is 12.1 Å². The SMILES string of the molecule is COC(=O)C(N)CN(Cc1ccccc1)c1ccc2c(c1)C(=O)N(C1CCC(=O)NC1=O)C2=O. The van der Waals surface area contributed by atoms with Crippen LogP contribution in [0.2, 0.25) is 0 Å². The topological polar surface area (TPSA) is 139 Å². The Kier molecular flexibility index (Phi) is 6.42. The van der Waals surface area contributed by atoms with Crippen LogP contribution >= 0.6 is 0 Å². The zero-order chi connectivity index (χ0) is 24.4. The maximum Gasteiger partial charge on any atom is 0.324 e. The van der Waals surface area contributed by atoms with Crippen LogP contribution in [0.15, 0.2) is 48.5 Å². The predicted octanol–water partition coefficient (Wildman–Crippen LogP) is 0.595. The van der Waals surface area contributed by atoms with Crippen LogP contribution < -0.4 is 16.0 Å². The van der Waals surface area contributed by atoms with Gasteiger partial charge in [-0.3, -0.25) is 34.2 Å². The minimum atomic E-state index is -1.04. The van der Waals surface area contributed by atoms with Gasteiger partial charge in [0.2, 0.25) is 11.8 Å². The van der Waals surface area contributed by atoms with Crippen molar-refractivity contribution in [3.63, 3.8) is 0 Å². The standard InChI is InChI=1S/C24H24N4O6/c1-34-24(33)18(25)13-27(12-14-5-3-2-4-6-14)15-7-8-16-17(11-15)23(32)28(22(16)31)19-9-10-20(29)26-21(19)30/h2-8,11,18-19H,9-10,12-13,25H2,1H3,(H,26,29,30). The Hall–Kier alpha value is -4.05. The molecule has 10 heteroatoms. The van der Waals surface area contributed by atoms with E-state index in [4.69, 9.17) is 10.5 Å². The van der Waals surface area contributed by atoms with E-state index in [1.165, 1.54) is 13.2 Å². The lowest BCUT2D eigenvalue weighted by molar-refractivity contribution is -0.142. The van der Waals surface area contributed by atoms with E-state index in [1.807, 2.05) is 35.2 Å². The Morgan fingerprint density at radius 3 is 2.50 bits per heavy atom. The molecule has 2 aromatic carbocycles. The van der Waals surface area contributed by atoms with E-state index in [0.717, 1.165) is 10.5 Å². The number of amides is 4. The summed E-state index contributed by atoms with van der Waals surface area (Å²) in [6, 6.07) is 12.3. The summed E-state index contributed by atoms with van der Waals surface area (Å²) in [5, 5.41) is 2.18. The number of ether oxygens (including phenoxy) is 1. The summed E-state index contributed by atoms with van der Waals surface area (Å²) < 4.78 is 4.75. The van der Waals surface area contributed by atoms with Crippen molar-refractivity contribution in [2.45, 2.75) is 31.5 Å². The molecule has 1 fully saturated rings. The highest BCUT2D eigenvalue weighted by Gasteiger charge is 2.44. The largest absolute Gasteiger partial charge is 0.468 e. The second-order valence-corrected chi connectivity index (χ2v) is 8.17. The average Bonchev–Trinajstić information content (AvgIpc) is 3.08. The number of methoxy groups -OCH3 is 1. The molecule has 34 heavy (non-hydrogen) atoms. The van der Waals surface area contributed by atoms with E-state index in [1.54, 1.807) is 12.1 Å². The van der Waals surface area contributed by atoms with Crippen molar-refractivity contribution in [1.82, 2.24) is 10.2 Å². The second-order valence-electron chi connectivity index (χ2n) is 8.17. The van der Waals surface area contributed by atoms with Gasteiger partial charge in [-0.2, -0.15) is 0 Å². The highest BCUT2D eigenvalue weighted by Crippen LogP contribution is 2.31. The Bertz CT molecular complexity index is 1170. The van der Waals surface area contributed by atoms with Gasteiger partial charge in [0.15, 0.2) is 0 Å². The first-order valence-corrected chi connectivity index (χ1v) is 10.8. The molecular weight excluding hydrogens is 440 g/mol. The van der Waals surface area contributed by atoms with Gasteiger partial charge in [0, 0.05) is 25.2 Å². The van der Waals surface area contributed by atoms with E-state index in [2.05, 4.69) is 5.32 Å². The molecule has 2 aliphatic rings. The number of imide groups is 2. The van der Waals surface area contributed by atoms with Crippen LogP contribution in [0.25, 0.3) is 0 Å². The first kappa shape index (κ1) is 23.1. The molecule has 2 aromatic rings. The van der Waals surface area contributed by atoms with Gasteiger partial charge < -0.3 is 15.4 Å². The number of carbonyl (C=O) groups excluding carboxylic acids is 5. The number of benzene rings is 2. The van der Waals surface area contributed by atoms with E-state index >= 15 is 0 Å². The van der Waals surface area contributed by atoms with Crippen molar-refractivity contribution >= 4 is 35.3 Å². The van der Waals surface area contributed by atoms with Gasteiger partial charge in [-0.1, -0.05) is 30.3 Å². The molecule has 0 spiro atoms. The van der Waals surface area contributed by atoms with Gasteiger partial charge in [-0.25, -0.2) is 0 Å². The number of fused-ring (bicyclic) bond motifs is 1. The van der Waals surface area contributed by atoms with Crippen LogP contribution in [-0.4, -0.2) is 60.2 Å². The monoisotopic (exact) mass is 464 g/mol. The number of hydrogen-bond acceptors (Lipinski definition) is 8. The van der Waals surface area contributed by atoms with Gasteiger partial charge in [0.25, 0.3) is 11.8 Å². The predicted molar refractivity (Wildman–Crippen MR) is 121 cm³/mol. The Morgan fingerprint density at radius 2 is 1.82 bits per heavy atom. The summed E-state index contributed by atoms with van der Waals surface area (Å²) >= 11 is 0. The van der Waals surface area contributed by atoms with Crippen LogP contribution in [0.4, 0.5) is 5.69 Å². The number of nitrogens with zero attached hydrogens (tertiary/aromatic N) is 2. The number of rotatable bonds is 7. The number of nitrogens with one attached hydrogen (secondary N) is 1. The van der Waals surface area contributed by atoms with Crippen LogP contribution in [-0.2, 0) is 25.7 Å². The molecule has 176 valence electrons. The quantitative estimate of drug-likeness (QED) is 0.449. The van der Waals surface area contributed by atoms with Crippen LogP contribution in [0.5, 0.6) is 0 Å². The minimum Gasteiger partial charge on any atom is -0.468 e. The first-order chi connectivity index (χ1) is 16.3. The summed E-state index contributed by atoms with van der Waals surface area (Å²) in [4.78, 5) is 64.6. The fourth-order valence-corrected chi connectivity index (χ4v) is 4.18. The molecule has 0 bridgehead atoms. The number of carbonyl (C=O) groups is 5. The molecule has 2 unspecified atom stereocenters. The molecule has 0 radical (unpaired) electrons. The number of nitrogens with two attached hydrogens (primary N) is 1. The van der Waals surface area contributed by atoms with E-state index in [0.29, 0.717) is 12.2 Å². The molecule has 2 atom stereocenters. The fraction of sp³-hybridized carbons (Fsp3) is 0.292. The van der Waals surface area contributed by atoms with Crippen molar-refractivity contribution in [3.8, 4) is 0 Å². The zero-order valence-corrected chi connectivity index (χ0v) is 18.5. The van der Waals surface area contributed by atoms with Crippen LogP contribution in [0.3, 0.4) is 0 Å². The molecule has 4 rings (SSSR count). The molecule has 0 aromatic heterocycles. The zero-order valence-electron chi connectivity index (χ0n) is 18.5. The minimum absolute atomic E-state index is 0.0470. The normalized spacial score (nSPS) is 18.4. The third-order valence-corrected chi connectivity index (χ3v) is 5.93. The molecule has 10 nitrogen and oxygen atoms in total. The third-order valence-electron chi connectivity index (χ3n) is 5.93. The Labute approximate surface area is 195 Å². The van der Waals surface area contributed by atoms with E-state index < -0.39 is 41.7 Å². The van der Waals surface area contributed by atoms with Crippen molar-refractivity contribution < 1.29 is 28.7 Å². The lowest BCUT2D eigenvalue weighted by Crippen LogP contribution is -2.54. The molecular formula is C24H24N4O6. The fourth-order valence-electron chi connectivity index (χ4n) is 4.18. The summed E-state index contributed by atoms with van der Waals surface area (Å²) in [6.07, 6.45) is 0.127. The van der Waals surface area contributed by atoms with E-state index in [9.17, 15) is 24.0 Å². The van der Waals surface area contributed by atoms with Gasteiger partial charge in [0.05, 0.1) is 18.2 Å². The molecule has 1 saturated heterocycles. The molecule has 2 aliphatic heterocycles. The van der Waals surface area contributed by atoms with Crippen molar-refractivity contribution in [2.75, 3.05) is 18.6 Å². The van der Waals surface area contributed by atoms with Gasteiger partial charge >= 0.3 is 5.97 Å². The van der Waals surface area contributed by atoms with E-state index in [-0.39, 0.29) is 30.5 Å². The summed E-state index contributed by atoms with van der Waals surface area (Å²) in [7, 11) is 1.26. The maximum atomic E-state index is 13.2. The Balaban J connectivity index is 1.64. The molecule has 3 N–H and O–H groups in total. The third kappa shape index (κ3) is 4.40. The van der Waals surface area contributed by atoms with Crippen molar-refractivity contribution in [2.24, 2.45) is 5.73 Å². The highest BCUT2D eigenvalue weighted by molar-refractivity contribution is 6.23. The van der Waals surface area contributed by atoms with Gasteiger partial charge in [-0.15, -0.1) is 0 Å². The lowest BCUT2D eigenvalue weighted by atomic mass is 10.0. The number of hydrogen-bond donors (Lipinski definition) is 2. The molecule has 4 amide bonds. The summed E-state index contributed by atoms with van der Waals surface area (Å²) in [5.74, 6) is -2.86. The Morgan fingerprint density at radius 1 is 1.12 bits per heavy atom. The molecule has 0 saturated carbocycles. The number of anilines is 1. The lowest BCUT2D eigenvalue weighted by Gasteiger charge is -2.28. The van der Waals surface area contributed by atoms with Crippen LogP contribution in [0.1, 0.15) is 39.1 Å². The number of esters is 1. The average molecular weight is 464 g/mol. The highest BCUT2D eigenvalue weighted by atomic mass is 16.5. The number of piperidine rings is 1. The smallest absolute Gasteiger partial charge is 0.324 e. The molecule has 0 aliphatic carbocycles. The maximum absolute atomic E-state index is 13.2. The van der Waals surface area contributed by atoms with Crippen molar-refractivity contribution in [3.05, 3.63) is 65.2 Å². The molecule has 2 heterocycles. The second kappa shape index (κ2) is 9.44. The van der Waals surface area contributed by atoms with Crippen molar-refractivity contribution in [1.29, 1.82) is 0 Å². The van der Waals surface area contributed by atoms with Gasteiger partial charge in [-0.05, 0) is 30.2 Å². The summed E-state index contributed by atoms with van der Waals surface area (Å²) in [5.41, 5.74) is 7.87.